The molecule has 2 aromatic rings. The maximum atomic E-state index is 12.1. The minimum atomic E-state index is -0.746. The molecular weight excluding hydrogens is 322 g/mol. The summed E-state index contributed by atoms with van der Waals surface area (Å²) in [5, 5.41) is 18.9. The molecule has 0 aromatic carbocycles. The van der Waals surface area contributed by atoms with E-state index in [0.717, 1.165) is 5.56 Å². The fraction of sp³-hybridized carbons (Fsp3) is 0.412. The summed E-state index contributed by atoms with van der Waals surface area (Å²) in [5.74, 6) is -1.03. The van der Waals surface area contributed by atoms with E-state index in [-0.39, 0.29) is 18.0 Å². The van der Waals surface area contributed by atoms with Crippen LogP contribution < -0.4 is 10.6 Å². The average molecular weight is 343 g/mol. The van der Waals surface area contributed by atoms with Crippen molar-refractivity contribution < 1.29 is 14.7 Å². The van der Waals surface area contributed by atoms with Crippen molar-refractivity contribution in [3.8, 4) is 0 Å². The lowest BCUT2D eigenvalue weighted by Gasteiger charge is -2.26. The minimum absolute atomic E-state index is 0.0149. The number of hydrogen-bond donors (Lipinski definition) is 3. The first kappa shape index (κ1) is 16.9. The van der Waals surface area contributed by atoms with Crippen LogP contribution in [0, 0.1) is 5.92 Å². The van der Waals surface area contributed by atoms with Gasteiger partial charge in [-0.2, -0.15) is 5.10 Å². The van der Waals surface area contributed by atoms with Crippen LogP contribution in [-0.4, -0.2) is 37.9 Å². The number of carboxylic acids is 1. The Morgan fingerprint density at radius 1 is 1.24 bits per heavy atom. The largest absolute Gasteiger partial charge is 0.481 e. The predicted molar refractivity (Wildman–Crippen MR) is 91.1 cm³/mol. The lowest BCUT2D eigenvalue weighted by molar-refractivity contribution is -0.142. The highest BCUT2D eigenvalue weighted by molar-refractivity contribution is 5.89. The summed E-state index contributed by atoms with van der Waals surface area (Å²) in [7, 11) is 0. The van der Waals surface area contributed by atoms with Gasteiger partial charge in [-0.1, -0.05) is 6.07 Å². The number of aromatic nitrogens is 3. The highest BCUT2D eigenvalue weighted by Gasteiger charge is 2.26. The molecule has 8 nitrogen and oxygen atoms in total. The van der Waals surface area contributed by atoms with Crippen molar-refractivity contribution in [1.82, 2.24) is 20.1 Å². The number of rotatable bonds is 5. The summed E-state index contributed by atoms with van der Waals surface area (Å²) in [6.07, 6.45) is 9.41. The van der Waals surface area contributed by atoms with Crippen molar-refractivity contribution in [1.29, 1.82) is 0 Å². The Morgan fingerprint density at radius 3 is 2.72 bits per heavy atom. The number of carboxylic acid groups (broad SMARTS) is 1. The molecule has 1 aliphatic carbocycles. The molecule has 2 amide bonds. The maximum absolute atomic E-state index is 12.1. The molecular formula is C17H21N5O3. The molecule has 0 aliphatic heterocycles. The van der Waals surface area contributed by atoms with Crippen LogP contribution in [-0.2, 0) is 11.3 Å². The topological polar surface area (TPSA) is 109 Å². The number of carbonyl (C=O) groups is 2. The number of urea groups is 1. The Balaban J connectivity index is 1.46. The van der Waals surface area contributed by atoms with Crippen LogP contribution >= 0.6 is 0 Å². The fourth-order valence-corrected chi connectivity index (χ4v) is 3.03. The highest BCUT2D eigenvalue weighted by atomic mass is 16.4. The number of aliphatic carboxylic acids is 1. The Morgan fingerprint density at radius 2 is 2.04 bits per heavy atom. The van der Waals surface area contributed by atoms with Crippen LogP contribution in [0.4, 0.5) is 10.5 Å². The summed E-state index contributed by atoms with van der Waals surface area (Å²) in [6.45, 7) is 0.580. The van der Waals surface area contributed by atoms with Gasteiger partial charge in [-0.05, 0) is 37.3 Å². The summed E-state index contributed by atoms with van der Waals surface area (Å²) in [4.78, 5) is 27.1. The summed E-state index contributed by atoms with van der Waals surface area (Å²) in [5.41, 5.74) is 1.64. The van der Waals surface area contributed by atoms with E-state index >= 15 is 0 Å². The van der Waals surface area contributed by atoms with Crippen molar-refractivity contribution in [3.63, 3.8) is 0 Å². The first-order valence-electron chi connectivity index (χ1n) is 8.32. The zero-order valence-electron chi connectivity index (χ0n) is 13.8. The molecule has 1 fully saturated rings. The van der Waals surface area contributed by atoms with E-state index in [4.69, 9.17) is 5.11 Å². The molecule has 3 N–H and O–H groups in total. The van der Waals surface area contributed by atoms with Gasteiger partial charge in [0.25, 0.3) is 0 Å². The van der Waals surface area contributed by atoms with Crippen LogP contribution in [0.3, 0.4) is 0 Å². The third-order valence-corrected chi connectivity index (χ3v) is 4.37. The van der Waals surface area contributed by atoms with Crippen LogP contribution in [0.2, 0.25) is 0 Å². The van der Waals surface area contributed by atoms with E-state index in [1.165, 1.54) is 0 Å². The van der Waals surface area contributed by atoms with E-state index in [2.05, 4.69) is 20.7 Å². The van der Waals surface area contributed by atoms with Crippen molar-refractivity contribution >= 4 is 17.7 Å². The molecule has 0 unspecified atom stereocenters. The monoisotopic (exact) mass is 343 g/mol. The number of nitrogens with zero attached hydrogens (tertiary/aromatic N) is 3. The lowest BCUT2D eigenvalue weighted by Crippen LogP contribution is -2.40. The van der Waals surface area contributed by atoms with Gasteiger partial charge in [0.1, 0.15) is 0 Å². The second kappa shape index (κ2) is 7.78. The van der Waals surface area contributed by atoms with E-state index in [1.54, 1.807) is 29.5 Å². The Labute approximate surface area is 145 Å². The van der Waals surface area contributed by atoms with Gasteiger partial charge in [0, 0.05) is 24.6 Å². The molecule has 0 bridgehead atoms. The highest BCUT2D eigenvalue weighted by Crippen LogP contribution is 2.24. The SMILES string of the molecule is O=C(Nc1cnn(Cc2cccnc2)c1)NC1CCC(C(=O)O)CC1. The second-order valence-electron chi connectivity index (χ2n) is 6.27. The van der Waals surface area contributed by atoms with Crippen molar-refractivity contribution in [2.75, 3.05) is 5.32 Å². The average Bonchev–Trinajstić information content (AvgIpc) is 3.03. The zero-order valence-corrected chi connectivity index (χ0v) is 13.8. The number of carbonyl (C=O) groups excluding carboxylic acids is 1. The third kappa shape index (κ3) is 4.79. The molecule has 1 aliphatic rings. The van der Waals surface area contributed by atoms with Gasteiger partial charge >= 0.3 is 12.0 Å². The third-order valence-electron chi connectivity index (χ3n) is 4.37. The minimum Gasteiger partial charge on any atom is -0.481 e. The summed E-state index contributed by atoms with van der Waals surface area (Å²) >= 11 is 0. The molecule has 1 saturated carbocycles. The van der Waals surface area contributed by atoms with Crippen molar-refractivity contribution in [2.24, 2.45) is 5.92 Å². The van der Waals surface area contributed by atoms with Crippen LogP contribution in [0.5, 0.6) is 0 Å². The quantitative estimate of drug-likeness (QED) is 0.770. The summed E-state index contributed by atoms with van der Waals surface area (Å²) in [6, 6.07) is 3.55. The number of hydrogen-bond acceptors (Lipinski definition) is 4. The van der Waals surface area contributed by atoms with E-state index in [0.29, 0.717) is 37.9 Å². The number of pyridine rings is 1. The van der Waals surface area contributed by atoms with Gasteiger partial charge in [-0.3, -0.25) is 14.5 Å². The first-order valence-corrected chi connectivity index (χ1v) is 8.32. The fourth-order valence-electron chi connectivity index (χ4n) is 3.03. The molecule has 3 rings (SSSR count). The molecule has 2 heterocycles. The Kier molecular flexibility index (Phi) is 5.27. The van der Waals surface area contributed by atoms with Crippen LogP contribution in [0.15, 0.2) is 36.9 Å². The lowest BCUT2D eigenvalue weighted by atomic mass is 9.86. The van der Waals surface area contributed by atoms with Gasteiger partial charge in [0.15, 0.2) is 0 Å². The number of nitrogens with one attached hydrogen (secondary N) is 2. The van der Waals surface area contributed by atoms with E-state index < -0.39 is 5.97 Å². The number of anilines is 1. The Hall–Kier alpha value is -2.90. The molecule has 0 saturated heterocycles. The van der Waals surface area contributed by atoms with Crippen LogP contribution in [0.25, 0.3) is 0 Å². The standard InChI is InChI=1S/C17H21N5O3/c23-16(24)13-3-5-14(6-4-13)20-17(25)21-15-9-19-22(11-15)10-12-2-1-7-18-8-12/h1-2,7-9,11,13-14H,3-6,10H2,(H,23,24)(H2,20,21,25). The number of amides is 2. The van der Waals surface area contributed by atoms with Crippen LogP contribution in [0.1, 0.15) is 31.2 Å². The Bertz CT molecular complexity index is 723. The molecule has 8 heteroatoms. The van der Waals surface area contributed by atoms with Gasteiger partial charge in [-0.25, -0.2) is 4.79 Å². The summed E-state index contributed by atoms with van der Waals surface area (Å²) < 4.78 is 1.73. The molecule has 0 radical (unpaired) electrons. The van der Waals surface area contributed by atoms with E-state index in [9.17, 15) is 9.59 Å². The maximum Gasteiger partial charge on any atom is 0.319 e. The first-order chi connectivity index (χ1) is 12.1. The van der Waals surface area contributed by atoms with Gasteiger partial charge < -0.3 is 15.7 Å². The molecule has 0 atom stereocenters. The molecule has 25 heavy (non-hydrogen) atoms. The van der Waals surface area contributed by atoms with Gasteiger partial charge in [0.05, 0.1) is 24.3 Å². The molecule has 132 valence electrons. The zero-order chi connectivity index (χ0) is 17.6. The molecule has 2 aromatic heterocycles. The van der Waals surface area contributed by atoms with Crippen molar-refractivity contribution in [3.05, 3.63) is 42.5 Å². The normalized spacial score (nSPS) is 20.0. The van der Waals surface area contributed by atoms with Crippen molar-refractivity contribution in [2.45, 2.75) is 38.3 Å². The second-order valence-corrected chi connectivity index (χ2v) is 6.27. The smallest absolute Gasteiger partial charge is 0.319 e. The predicted octanol–water partition coefficient (Wildman–Crippen LogP) is 2.09. The van der Waals surface area contributed by atoms with Gasteiger partial charge in [0.2, 0.25) is 0 Å². The van der Waals surface area contributed by atoms with E-state index in [1.807, 2.05) is 12.1 Å². The molecule has 0 spiro atoms. The van der Waals surface area contributed by atoms with Gasteiger partial charge in [-0.15, -0.1) is 0 Å².